The van der Waals surface area contributed by atoms with E-state index in [9.17, 15) is 4.79 Å². The maximum Gasteiger partial charge on any atom is 0.271 e. The fourth-order valence-corrected chi connectivity index (χ4v) is 3.17. The van der Waals surface area contributed by atoms with Crippen LogP contribution in [0.5, 0.6) is 17.2 Å². The third kappa shape index (κ3) is 4.24. The molecule has 0 spiro atoms. The number of aryl methyl sites for hydroxylation is 1. The first kappa shape index (κ1) is 20.4. The van der Waals surface area contributed by atoms with Crippen molar-refractivity contribution in [1.82, 2.24) is 9.99 Å². The molecule has 7 nitrogen and oxygen atoms in total. The van der Waals surface area contributed by atoms with Crippen LogP contribution in [0, 0.1) is 13.8 Å². The molecule has 7 heteroatoms. The molecule has 146 valence electrons. The van der Waals surface area contributed by atoms with Gasteiger partial charge in [0.25, 0.3) is 5.91 Å². The fourth-order valence-electron chi connectivity index (χ4n) is 3.17. The lowest BCUT2D eigenvalue weighted by Crippen LogP contribution is -2.18. The van der Waals surface area contributed by atoms with Crippen LogP contribution in [0.4, 0.5) is 0 Å². The summed E-state index contributed by atoms with van der Waals surface area (Å²) in [6.45, 7) is 8.36. The second-order valence-electron chi connectivity index (χ2n) is 6.40. The molecule has 0 radical (unpaired) electrons. The Morgan fingerprint density at radius 3 is 2.11 bits per heavy atom. The maximum absolute atomic E-state index is 12.5. The number of amides is 1. The van der Waals surface area contributed by atoms with Gasteiger partial charge in [-0.15, -0.1) is 0 Å². The molecule has 27 heavy (non-hydrogen) atoms. The first-order valence-corrected chi connectivity index (χ1v) is 8.65. The number of hydrogen-bond acceptors (Lipinski definition) is 5. The van der Waals surface area contributed by atoms with Crippen LogP contribution in [0.1, 0.15) is 47.2 Å². The third-order valence-electron chi connectivity index (χ3n) is 4.34. The van der Waals surface area contributed by atoms with Crippen LogP contribution in [0.15, 0.2) is 23.3 Å². The largest absolute Gasteiger partial charge is 0.493 e. The van der Waals surface area contributed by atoms with Crippen LogP contribution < -0.4 is 19.6 Å². The molecule has 1 aromatic carbocycles. The van der Waals surface area contributed by atoms with Crippen molar-refractivity contribution in [1.29, 1.82) is 0 Å². The minimum atomic E-state index is -0.372. The highest BCUT2D eigenvalue weighted by molar-refractivity contribution is 5.96. The van der Waals surface area contributed by atoms with Gasteiger partial charge in [0.2, 0.25) is 5.75 Å². The lowest BCUT2D eigenvalue weighted by Gasteiger charge is -2.13. The molecule has 1 amide bonds. The van der Waals surface area contributed by atoms with Crippen LogP contribution in [0.2, 0.25) is 0 Å². The van der Waals surface area contributed by atoms with Crippen LogP contribution in [-0.4, -0.2) is 38.0 Å². The maximum atomic E-state index is 12.5. The van der Waals surface area contributed by atoms with Gasteiger partial charge in [-0.25, -0.2) is 5.43 Å². The van der Waals surface area contributed by atoms with Crippen LogP contribution >= 0.6 is 0 Å². The van der Waals surface area contributed by atoms with Gasteiger partial charge < -0.3 is 18.8 Å². The third-order valence-corrected chi connectivity index (χ3v) is 4.34. The van der Waals surface area contributed by atoms with E-state index in [1.807, 2.05) is 13.0 Å². The minimum Gasteiger partial charge on any atom is -0.493 e. The van der Waals surface area contributed by atoms with E-state index in [1.165, 1.54) is 21.3 Å². The van der Waals surface area contributed by atoms with Crippen molar-refractivity contribution in [2.24, 2.45) is 5.10 Å². The molecule has 0 aliphatic heterocycles. The minimum absolute atomic E-state index is 0.356. The number of nitrogens with zero attached hydrogens (tertiary/aromatic N) is 2. The summed E-state index contributed by atoms with van der Waals surface area (Å²) in [5.74, 6) is 0.877. The van der Waals surface area contributed by atoms with Gasteiger partial charge in [-0.2, -0.15) is 5.10 Å². The van der Waals surface area contributed by atoms with E-state index in [1.54, 1.807) is 18.3 Å². The summed E-state index contributed by atoms with van der Waals surface area (Å²) in [7, 11) is 4.52. The normalized spacial score (nSPS) is 11.1. The summed E-state index contributed by atoms with van der Waals surface area (Å²) in [6.07, 6.45) is 1.65. The number of benzene rings is 1. The molecule has 0 aliphatic carbocycles. The van der Waals surface area contributed by atoms with E-state index in [2.05, 4.69) is 35.9 Å². The molecule has 0 aliphatic rings. The van der Waals surface area contributed by atoms with Gasteiger partial charge in [0, 0.05) is 28.6 Å². The van der Waals surface area contributed by atoms with Crippen molar-refractivity contribution in [3.05, 3.63) is 40.7 Å². The van der Waals surface area contributed by atoms with Crippen molar-refractivity contribution in [3.63, 3.8) is 0 Å². The zero-order valence-electron chi connectivity index (χ0n) is 16.9. The molecule has 0 unspecified atom stereocenters. The molecule has 1 aromatic heterocycles. The highest BCUT2D eigenvalue weighted by Crippen LogP contribution is 2.38. The molecule has 0 saturated heterocycles. The molecular weight excluding hydrogens is 346 g/mol. The Hall–Kier alpha value is -2.96. The highest BCUT2D eigenvalue weighted by atomic mass is 16.5. The van der Waals surface area contributed by atoms with E-state index in [0.29, 0.717) is 28.9 Å². The van der Waals surface area contributed by atoms with Crippen LogP contribution in [-0.2, 0) is 0 Å². The molecule has 1 heterocycles. The number of rotatable bonds is 7. The highest BCUT2D eigenvalue weighted by Gasteiger charge is 2.17. The lowest BCUT2D eigenvalue weighted by molar-refractivity contribution is 0.0954. The van der Waals surface area contributed by atoms with Crippen LogP contribution in [0.25, 0.3) is 0 Å². The first-order chi connectivity index (χ1) is 12.8. The lowest BCUT2D eigenvalue weighted by atomic mass is 10.1. The number of methoxy groups -OCH3 is 3. The van der Waals surface area contributed by atoms with Gasteiger partial charge in [-0.1, -0.05) is 0 Å². The van der Waals surface area contributed by atoms with Gasteiger partial charge in [0.15, 0.2) is 11.5 Å². The number of carbonyl (C=O) groups excluding carboxylic acids is 1. The van der Waals surface area contributed by atoms with Crippen molar-refractivity contribution < 1.29 is 19.0 Å². The van der Waals surface area contributed by atoms with Gasteiger partial charge >= 0.3 is 0 Å². The summed E-state index contributed by atoms with van der Waals surface area (Å²) in [5.41, 5.74) is 6.12. The van der Waals surface area contributed by atoms with E-state index >= 15 is 0 Å². The van der Waals surface area contributed by atoms with Gasteiger partial charge in [0.05, 0.1) is 27.5 Å². The summed E-state index contributed by atoms with van der Waals surface area (Å²) in [6, 6.07) is 5.57. The average Bonchev–Trinajstić information content (AvgIpc) is 2.93. The molecule has 1 N–H and O–H groups in total. The number of ether oxygens (including phenoxy) is 3. The number of hydrogen-bond donors (Lipinski definition) is 1. The van der Waals surface area contributed by atoms with Crippen molar-refractivity contribution >= 4 is 12.1 Å². The summed E-state index contributed by atoms with van der Waals surface area (Å²) in [4.78, 5) is 12.5. The van der Waals surface area contributed by atoms with Crippen molar-refractivity contribution in [3.8, 4) is 17.2 Å². The van der Waals surface area contributed by atoms with E-state index in [0.717, 1.165) is 17.0 Å². The van der Waals surface area contributed by atoms with E-state index < -0.39 is 0 Å². The van der Waals surface area contributed by atoms with Gasteiger partial charge in [-0.3, -0.25) is 4.79 Å². The van der Waals surface area contributed by atoms with Gasteiger partial charge in [-0.05, 0) is 45.9 Å². The fraction of sp³-hybridized carbons (Fsp3) is 0.400. The number of hydrazone groups is 1. The second-order valence-corrected chi connectivity index (χ2v) is 6.40. The second kappa shape index (κ2) is 8.62. The number of aromatic nitrogens is 1. The summed E-state index contributed by atoms with van der Waals surface area (Å²) < 4.78 is 18.0. The smallest absolute Gasteiger partial charge is 0.271 e. The Bertz CT molecular complexity index is 828. The molecule has 0 saturated carbocycles. The molecule has 2 rings (SSSR count). The van der Waals surface area contributed by atoms with Crippen LogP contribution in [0.3, 0.4) is 0 Å². The Labute approximate surface area is 159 Å². The molecule has 0 atom stereocenters. The zero-order valence-corrected chi connectivity index (χ0v) is 16.9. The summed E-state index contributed by atoms with van der Waals surface area (Å²) in [5, 5.41) is 4.10. The Kier molecular flexibility index (Phi) is 6.50. The quantitative estimate of drug-likeness (QED) is 0.596. The predicted octanol–water partition coefficient (Wildman–Crippen LogP) is 3.48. The first-order valence-electron chi connectivity index (χ1n) is 8.65. The standard InChI is InChI=1S/C20H27N3O4/c1-12(2)23-13(3)8-16(14(23)4)11-21-22-20(24)15-9-17(25-5)19(27-7)18(10-15)26-6/h8-12H,1-7H3,(H,22,24)/b21-11-. The van der Waals surface area contributed by atoms with Gasteiger partial charge in [0.1, 0.15) is 0 Å². The van der Waals surface area contributed by atoms with E-state index in [4.69, 9.17) is 14.2 Å². The Morgan fingerprint density at radius 2 is 1.67 bits per heavy atom. The molecular formula is C20H27N3O4. The number of nitrogens with one attached hydrogen (secondary N) is 1. The average molecular weight is 373 g/mol. The van der Waals surface area contributed by atoms with Crippen molar-refractivity contribution in [2.75, 3.05) is 21.3 Å². The van der Waals surface area contributed by atoms with E-state index in [-0.39, 0.29) is 5.91 Å². The SMILES string of the molecule is COc1cc(C(=O)N/N=C\c2cc(C)n(C(C)C)c2C)cc(OC)c1OC. The van der Waals surface area contributed by atoms with Crippen molar-refractivity contribution in [2.45, 2.75) is 33.7 Å². The zero-order chi connectivity index (χ0) is 20.1. The Balaban J connectivity index is 2.21. The topological polar surface area (TPSA) is 74.1 Å². The predicted molar refractivity (Wildman–Crippen MR) is 105 cm³/mol. The molecule has 2 aromatic rings. The molecule has 0 bridgehead atoms. The number of carbonyl (C=O) groups is 1. The monoisotopic (exact) mass is 373 g/mol. The Morgan fingerprint density at radius 1 is 1.07 bits per heavy atom. The summed E-state index contributed by atoms with van der Waals surface area (Å²) >= 11 is 0. The molecule has 0 fully saturated rings.